The largest absolute Gasteiger partial charge is 0.427 e. The Morgan fingerprint density at radius 2 is 1.64 bits per heavy atom. The van der Waals surface area contributed by atoms with Crippen molar-refractivity contribution >= 4 is 29.2 Å². The van der Waals surface area contributed by atoms with E-state index in [1.807, 2.05) is 0 Å². The molecule has 110 valence electrons. The van der Waals surface area contributed by atoms with Crippen LogP contribution in [0.1, 0.15) is 27.6 Å². The number of nitrogens with zero attached hydrogens (tertiary/aromatic N) is 1. The fourth-order valence-electron chi connectivity index (χ4n) is 2.32. The molecule has 2 aromatic rings. The predicted octanol–water partition coefficient (Wildman–Crippen LogP) is 1.99. The van der Waals surface area contributed by atoms with Gasteiger partial charge in [-0.2, -0.15) is 0 Å². The van der Waals surface area contributed by atoms with E-state index in [2.05, 4.69) is 0 Å². The van der Waals surface area contributed by atoms with Gasteiger partial charge in [-0.3, -0.25) is 14.4 Å². The van der Waals surface area contributed by atoms with Crippen LogP contribution < -0.4 is 15.4 Å². The summed E-state index contributed by atoms with van der Waals surface area (Å²) in [6.45, 7) is 1.29. The molecule has 0 atom stereocenters. The third kappa shape index (κ3) is 2.20. The molecule has 2 N–H and O–H groups in total. The maximum atomic E-state index is 12.4. The zero-order valence-electron chi connectivity index (χ0n) is 11.7. The summed E-state index contributed by atoms with van der Waals surface area (Å²) < 4.78 is 4.92. The molecule has 22 heavy (non-hydrogen) atoms. The van der Waals surface area contributed by atoms with Crippen LogP contribution in [-0.4, -0.2) is 17.8 Å². The molecule has 0 fully saturated rings. The molecule has 0 saturated carbocycles. The van der Waals surface area contributed by atoms with Crippen LogP contribution in [0.25, 0.3) is 0 Å². The Labute approximate surface area is 126 Å². The van der Waals surface area contributed by atoms with Crippen LogP contribution in [0, 0.1) is 0 Å². The number of carbonyl (C=O) groups excluding carboxylic acids is 3. The molecule has 1 heterocycles. The van der Waals surface area contributed by atoms with Gasteiger partial charge in [-0.1, -0.05) is 0 Å². The van der Waals surface area contributed by atoms with Crippen LogP contribution in [0.3, 0.4) is 0 Å². The number of benzene rings is 2. The van der Waals surface area contributed by atoms with Gasteiger partial charge in [-0.05, 0) is 42.5 Å². The van der Waals surface area contributed by atoms with Gasteiger partial charge in [-0.15, -0.1) is 0 Å². The molecule has 0 aliphatic carbocycles. The van der Waals surface area contributed by atoms with E-state index in [0.29, 0.717) is 22.7 Å². The van der Waals surface area contributed by atoms with Crippen LogP contribution in [0.5, 0.6) is 5.75 Å². The number of hydrogen-bond donors (Lipinski definition) is 1. The lowest BCUT2D eigenvalue weighted by molar-refractivity contribution is -0.131. The van der Waals surface area contributed by atoms with E-state index in [-0.39, 0.29) is 5.56 Å². The molecule has 0 unspecified atom stereocenters. The number of imide groups is 1. The highest BCUT2D eigenvalue weighted by molar-refractivity contribution is 6.34. The van der Waals surface area contributed by atoms with Gasteiger partial charge in [-0.25, -0.2) is 4.90 Å². The summed E-state index contributed by atoms with van der Waals surface area (Å²) in [6, 6.07) is 10.7. The van der Waals surface area contributed by atoms with E-state index in [9.17, 15) is 14.4 Å². The first-order chi connectivity index (χ1) is 10.5. The predicted molar refractivity (Wildman–Crippen MR) is 79.7 cm³/mol. The van der Waals surface area contributed by atoms with E-state index in [4.69, 9.17) is 10.5 Å². The minimum absolute atomic E-state index is 0.286. The first kappa shape index (κ1) is 13.8. The summed E-state index contributed by atoms with van der Waals surface area (Å²) in [4.78, 5) is 36.7. The van der Waals surface area contributed by atoms with E-state index < -0.39 is 17.8 Å². The molecule has 0 saturated heterocycles. The molecule has 6 heteroatoms. The number of esters is 1. The number of hydrogen-bond acceptors (Lipinski definition) is 5. The average Bonchev–Trinajstić information content (AvgIpc) is 2.71. The highest BCUT2D eigenvalue weighted by Crippen LogP contribution is 2.30. The van der Waals surface area contributed by atoms with Gasteiger partial charge in [0, 0.05) is 12.6 Å². The lowest BCUT2D eigenvalue weighted by Crippen LogP contribution is -2.29. The molecule has 0 radical (unpaired) electrons. The number of carbonyl (C=O) groups is 3. The van der Waals surface area contributed by atoms with Crippen molar-refractivity contribution in [2.75, 3.05) is 10.6 Å². The van der Waals surface area contributed by atoms with Gasteiger partial charge in [0.1, 0.15) is 5.75 Å². The summed E-state index contributed by atoms with van der Waals surface area (Å²) >= 11 is 0. The fourth-order valence-corrected chi connectivity index (χ4v) is 2.32. The number of nitrogens with two attached hydrogens (primary N) is 1. The summed E-state index contributed by atoms with van der Waals surface area (Å²) in [5.41, 5.74) is 7.09. The SMILES string of the molecule is CC(=O)Oc1ccc(N2C(=O)c3ccc(N)cc3C2=O)cc1. The molecule has 2 aromatic carbocycles. The quantitative estimate of drug-likeness (QED) is 0.396. The Morgan fingerprint density at radius 3 is 2.27 bits per heavy atom. The fraction of sp³-hybridized carbons (Fsp3) is 0.0625. The molecule has 3 rings (SSSR count). The second-order valence-electron chi connectivity index (χ2n) is 4.84. The number of ether oxygens (including phenoxy) is 1. The Balaban J connectivity index is 1.95. The van der Waals surface area contributed by atoms with Gasteiger partial charge in [0.25, 0.3) is 11.8 Å². The van der Waals surface area contributed by atoms with Gasteiger partial charge in [0.05, 0.1) is 16.8 Å². The second kappa shape index (κ2) is 5.00. The Bertz CT molecular complexity index is 796. The van der Waals surface area contributed by atoms with Gasteiger partial charge in [0.2, 0.25) is 0 Å². The first-order valence-electron chi connectivity index (χ1n) is 6.54. The van der Waals surface area contributed by atoms with Crippen LogP contribution in [0.15, 0.2) is 42.5 Å². The summed E-state index contributed by atoms with van der Waals surface area (Å²) in [5.74, 6) is -0.922. The molecule has 1 aliphatic heterocycles. The van der Waals surface area contributed by atoms with Crippen LogP contribution in [0.2, 0.25) is 0 Å². The summed E-state index contributed by atoms with van der Waals surface area (Å²) in [7, 11) is 0. The highest BCUT2D eigenvalue weighted by atomic mass is 16.5. The second-order valence-corrected chi connectivity index (χ2v) is 4.84. The highest BCUT2D eigenvalue weighted by Gasteiger charge is 2.36. The van der Waals surface area contributed by atoms with Crippen molar-refractivity contribution in [1.82, 2.24) is 0 Å². The van der Waals surface area contributed by atoms with Crippen LogP contribution in [-0.2, 0) is 4.79 Å². The lowest BCUT2D eigenvalue weighted by Gasteiger charge is -2.14. The minimum Gasteiger partial charge on any atom is -0.427 e. The number of amides is 2. The third-order valence-electron chi connectivity index (χ3n) is 3.27. The molecule has 2 amide bonds. The van der Waals surface area contributed by atoms with Crippen LogP contribution in [0.4, 0.5) is 11.4 Å². The van der Waals surface area contributed by atoms with Crippen molar-refractivity contribution < 1.29 is 19.1 Å². The van der Waals surface area contributed by atoms with Crippen LogP contribution >= 0.6 is 0 Å². The molecular formula is C16H12N2O4. The zero-order valence-corrected chi connectivity index (χ0v) is 11.7. The molecule has 6 nitrogen and oxygen atoms in total. The van der Waals surface area contributed by atoms with E-state index in [0.717, 1.165) is 4.90 Å². The maximum absolute atomic E-state index is 12.4. The average molecular weight is 296 g/mol. The van der Waals surface area contributed by atoms with E-state index in [1.165, 1.54) is 31.2 Å². The van der Waals surface area contributed by atoms with Gasteiger partial charge in [0.15, 0.2) is 0 Å². The lowest BCUT2D eigenvalue weighted by atomic mass is 10.1. The van der Waals surface area contributed by atoms with E-state index in [1.54, 1.807) is 18.2 Å². The van der Waals surface area contributed by atoms with Crippen molar-refractivity contribution in [2.45, 2.75) is 6.92 Å². The Kier molecular flexibility index (Phi) is 3.14. The van der Waals surface area contributed by atoms with Crippen molar-refractivity contribution in [3.05, 3.63) is 53.6 Å². The maximum Gasteiger partial charge on any atom is 0.308 e. The topological polar surface area (TPSA) is 89.7 Å². The van der Waals surface area contributed by atoms with Crippen molar-refractivity contribution in [3.8, 4) is 5.75 Å². The number of anilines is 2. The van der Waals surface area contributed by atoms with Gasteiger partial charge < -0.3 is 10.5 Å². The zero-order chi connectivity index (χ0) is 15.9. The molecular weight excluding hydrogens is 284 g/mol. The summed E-state index contributed by atoms with van der Waals surface area (Å²) in [6.07, 6.45) is 0. The van der Waals surface area contributed by atoms with Crippen molar-refractivity contribution in [1.29, 1.82) is 0 Å². The normalized spacial score (nSPS) is 13.2. The standard InChI is InChI=1S/C16H12N2O4/c1-9(19)22-12-5-3-11(4-6-12)18-15(20)13-7-2-10(17)8-14(13)16(18)21/h2-8H,17H2,1H3. The number of fused-ring (bicyclic) bond motifs is 1. The van der Waals surface area contributed by atoms with Crippen molar-refractivity contribution in [2.24, 2.45) is 0 Å². The Morgan fingerprint density at radius 1 is 1.00 bits per heavy atom. The minimum atomic E-state index is -0.441. The molecule has 1 aliphatic rings. The monoisotopic (exact) mass is 296 g/mol. The number of rotatable bonds is 2. The van der Waals surface area contributed by atoms with Gasteiger partial charge >= 0.3 is 5.97 Å². The molecule has 0 bridgehead atoms. The third-order valence-corrected chi connectivity index (χ3v) is 3.27. The number of nitrogen functional groups attached to an aromatic ring is 1. The Hall–Kier alpha value is -3.15. The molecule has 0 spiro atoms. The van der Waals surface area contributed by atoms with E-state index >= 15 is 0 Å². The van der Waals surface area contributed by atoms with Crippen molar-refractivity contribution in [3.63, 3.8) is 0 Å². The first-order valence-corrected chi connectivity index (χ1v) is 6.54. The molecule has 0 aromatic heterocycles. The smallest absolute Gasteiger partial charge is 0.308 e. The summed E-state index contributed by atoms with van der Waals surface area (Å²) in [5, 5.41) is 0.